The summed E-state index contributed by atoms with van der Waals surface area (Å²) in [6.07, 6.45) is 0. The number of halogens is 1. The summed E-state index contributed by atoms with van der Waals surface area (Å²) in [5.41, 5.74) is 7.87. The van der Waals surface area contributed by atoms with Crippen molar-refractivity contribution in [3.63, 3.8) is 0 Å². The molecule has 0 atom stereocenters. The smallest absolute Gasteiger partial charge is 0.0641 e. The fraction of sp³-hybridized carbons (Fsp3) is 0.0870. The number of aryl methyl sites for hydroxylation is 1. The van der Waals surface area contributed by atoms with Crippen LogP contribution in [0.25, 0.3) is 27.3 Å². The van der Waals surface area contributed by atoms with Gasteiger partial charge in [0, 0.05) is 5.03 Å². The molecule has 0 saturated heterocycles. The molecule has 25 heavy (non-hydrogen) atoms. The summed E-state index contributed by atoms with van der Waals surface area (Å²) in [5, 5.41) is 0.532. The van der Waals surface area contributed by atoms with E-state index in [2.05, 4.69) is 85.9 Å². The Hall–Kier alpha value is -2.64. The highest BCUT2D eigenvalue weighted by Crippen LogP contribution is 2.32. The predicted molar refractivity (Wildman–Crippen MR) is 110 cm³/mol. The molecule has 124 valence electrons. The molecule has 0 radical (unpaired) electrons. The molecule has 3 aromatic rings. The molecule has 2 heteroatoms. The molecule has 0 fully saturated rings. The number of aliphatic imine (C=N–C) groups is 1. The van der Waals surface area contributed by atoms with Gasteiger partial charge in [-0.25, -0.2) is 0 Å². The maximum Gasteiger partial charge on any atom is 0.0641 e. The Balaban J connectivity index is 2.02. The molecule has 3 rings (SSSR count). The average Bonchev–Trinajstić information content (AvgIpc) is 2.64. The monoisotopic (exact) mass is 345 g/mol. The summed E-state index contributed by atoms with van der Waals surface area (Å²) < 4.78 is 0. The Labute approximate surface area is 154 Å². The van der Waals surface area contributed by atoms with Gasteiger partial charge in [0.05, 0.1) is 6.54 Å². The van der Waals surface area contributed by atoms with Crippen molar-refractivity contribution in [1.82, 2.24) is 0 Å². The summed E-state index contributed by atoms with van der Waals surface area (Å²) >= 11 is 6.22. The van der Waals surface area contributed by atoms with E-state index in [9.17, 15) is 0 Å². The van der Waals surface area contributed by atoms with E-state index in [1.54, 1.807) is 0 Å². The number of rotatable bonds is 5. The highest BCUT2D eigenvalue weighted by Gasteiger charge is 2.11. The van der Waals surface area contributed by atoms with Gasteiger partial charge in [0.2, 0.25) is 0 Å². The van der Waals surface area contributed by atoms with Crippen molar-refractivity contribution in [1.29, 1.82) is 0 Å². The molecule has 0 unspecified atom stereocenters. The molecule has 0 aliphatic rings. The van der Waals surface area contributed by atoms with Gasteiger partial charge in [-0.15, -0.1) is 0 Å². The minimum atomic E-state index is 0.532. The standard InChI is InChI=1S/C23H20ClN/c1-16-13-21(14-22(17(2)24)23(16)15-25-3)20-11-9-19(10-12-20)18-7-5-4-6-8-18/h4-14H,2-3,15H2,1H3. The van der Waals surface area contributed by atoms with Crippen LogP contribution in [0.3, 0.4) is 0 Å². The molecule has 0 aromatic heterocycles. The molecule has 0 amide bonds. The lowest BCUT2D eigenvalue weighted by atomic mass is 9.93. The summed E-state index contributed by atoms with van der Waals surface area (Å²) in [6, 6.07) is 23.2. The minimum absolute atomic E-state index is 0.532. The largest absolute Gasteiger partial charge is 0.296 e. The van der Waals surface area contributed by atoms with Crippen molar-refractivity contribution in [2.45, 2.75) is 13.5 Å². The first kappa shape index (κ1) is 17.2. The third kappa shape index (κ3) is 3.72. The number of nitrogens with zero attached hydrogens (tertiary/aromatic N) is 1. The Morgan fingerprint density at radius 2 is 1.44 bits per heavy atom. The zero-order valence-electron chi connectivity index (χ0n) is 14.3. The summed E-state index contributed by atoms with van der Waals surface area (Å²) in [6.45, 7) is 10.1. The lowest BCUT2D eigenvalue weighted by Crippen LogP contribution is -1.95. The van der Waals surface area contributed by atoms with Crippen molar-refractivity contribution in [3.8, 4) is 22.3 Å². The topological polar surface area (TPSA) is 12.4 Å². The van der Waals surface area contributed by atoms with Gasteiger partial charge in [0.15, 0.2) is 0 Å². The molecule has 0 aliphatic carbocycles. The Bertz CT molecular complexity index is 909. The van der Waals surface area contributed by atoms with Crippen LogP contribution in [-0.2, 0) is 6.54 Å². The third-order valence-corrected chi connectivity index (χ3v) is 4.56. The molecule has 0 spiro atoms. The Morgan fingerprint density at radius 1 is 0.880 bits per heavy atom. The number of benzene rings is 3. The molecule has 3 aromatic carbocycles. The fourth-order valence-electron chi connectivity index (χ4n) is 3.03. The maximum atomic E-state index is 6.22. The van der Waals surface area contributed by atoms with Crippen molar-refractivity contribution in [3.05, 3.63) is 90.0 Å². The first-order valence-electron chi connectivity index (χ1n) is 8.17. The van der Waals surface area contributed by atoms with E-state index >= 15 is 0 Å². The van der Waals surface area contributed by atoms with Gasteiger partial charge in [-0.3, -0.25) is 4.99 Å². The van der Waals surface area contributed by atoms with Crippen molar-refractivity contribution < 1.29 is 0 Å². The van der Waals surface area contributed by atoms with Crippen LogP contribution in [0.1, 0.15) is 16.7 Å². The van der Waals surface area contributed by atoms with E-state index in [1.807, 2.05) is 6.07 Å². The molecule has 0 N–H and O–H groups in total. The van der Waals surface area contributed by atoms with Crippen molar-refractivity contribution in [2.24, 2.45) is 4.99 Å². The maximum absolute atomic E-state index is 6.22. The van der Waals surface area contributed by atoms with Crippen molar-refractivity contribution in [2.75, 3.05) is 0 Å². The lowest BCUT2D eigenvalue weighted by Gasteiger charge is -2.14. The highest BCUT2D eigenvalue weighted by atomic mass is 35.5. The summed E-state index contributed by atoms with van der Waals surface area (Å²) in [4.78, 5) is 4.01. The van der Waals surface area contributed by atoms with Crippen molar-refractivity contribution >= 4 is 23.4 Å². The zero-order chi connectivity index (χ0) is 17.8. The average molecular weight is 346 g/mol. The summed E-state index contributed by atoms with van der Waals surface area (Å²) in [5.74, 6) is 0. The second-order valence-electron chi connectivity index (χ2n) is 6.05. The van der Waals surface area contributed by atoms with Crippen LogP contribution in [0.15, 0.2) is 78.3 Å². The number of hydrogen-bond donors (Lipinski definition) is 0. The van der Waals surface area contributed by atoms with E-state index in [0.717, 1.165) is 27.8 Å². The van der Waals surface area contributed by atoms with Crippen LogP contribution in [0.2, 0.25) is 0 Å². The van der Waals surface area contributed by atoms with E-state index in [1.165, 1.54) is 11.1 Å². The molecular weight excluding hydrogens is 326 g/mol. The summed E-state index contributed by atoms with van der Waals surface area (Å²) in [7, 11) is 0. The third-order valence-electron chi connectivity index (χ3n) is 4.36. The number of hydrogen-bond acceptors (Lipinski definition) is 1. The van der Waals surface area contributed by atoms with Gasteiger partial charge < -0.3 is 0 Å². The van der Waals surface area contributed by atoms with Crippen LogP contribution in [0, 0.1) is 6.92 Å². The van der Waals surface area contributed by atoms with Crippen LogP contribution >= 0.6 is 11.6 Å². The molecule has 0 heterocycles. The van der Waals surface area contributed by atoms with Gasteiger partial charge >= 0.3 is 0 Å². The molecule has 0 aliphatic heterocycles. The normalized spacial score (nSPS) is 10.5. The van der Waals surface area contributed by atoms with Gasteiger partial charge in [0.25, 0.3) is 0 Å². The lowest BCUT2D eigenvalue weighted by molar-refractivity contribution is 1.05. The quantitative estimate of drug-likeness (QED) is 0.454. The second kappa shape index (κ2) is 7.50. The SMILES string of the molecule is C=NCc1c(C)cc(-c2ccc(-c3ccccc3)cc2)cc1C(=C)Cl. The fourth-order valence-corrected chi connectivity index (χ4v) is 3.20. The zero-order valence-corrected chi connectivity index (χ0v) is 15.1. The van der Waals surface area contributed by atoms with E-state index in [-0.39, 0.29) is 0 Å². The van der Waals surface area contributed by atoms with E-state index < -0.39 is 0 Å². The minimum Gasteiger partial charge on any atom is -0.296 e. The van der Waals surface area contributed by atoms with E-state index in [4.69, 9.17) is 11.6 Å². The first-order valence-corrected chi connectivity index (χ1v) is 8.54. The molecular formula is C23H20ClN. The van der Waals surface area contributed by atoms with Crippen LogP contribution in [0.4, 0.5) is 0 Å². The van der Waals surface area contributed by atoms with Gasteiger partial charge in [-0.1, -0.05) is 78.8 Å². The molecule has 0 bridgehead atoms. The molecule has 1 nitrogen and oxygen atoms in total. The van der Waals surface area contributed by atoms with Gasteiger partial charge in [-0.2, -0.15) is 0 Å². The first-order chi connectivity index (χ1) is 12.1. The Morgan fingerprint density at radius 3 is 2.00 bits per heavy atom. The Kier molecular flexibility index (Phi) is 5.16. The van der Waals surface area contributed by atoms with Crippen LogP contribution in [0.5, 0.6) is 0 Å². The second-order valence-corrected chi connectivity index (χ2v) is 6.51. The highest BCUT2D eigenvalue weighted by molar-refractivity contribution is 6.48. The van der Waals surface area contributed by atoms with Gasteiger partial charge in [-0.05, 0) is 58.7 Å². The molecule has 0 saturated carbocycles. The van der Waals surface area contributed by atoms with Gasteiger partial charge in [0.1, 0.15) is 0 Å². The van der Waals surface area contributed by atoms with Crippen LogP contribution < -0.4 is 0 Å². The van der Waals surface area contributed by atoms with Crippen LogP contribution in [-0.4, -0.2) is 6.72 Å². The van der Waals surface area contributed by atoms with E-state index in [0.29, 0.717) is 11.6 Å². The predicted octanol–water partition coefficient (Wildman–Crippen LogP) is 6.74.